The second kappa shape index (κ2) is 5.26. The molecule has 11 heavy (non-hydrogen) atoms. The van der Waals surface area contributed by atoms with Crippen molar-refractivity contribution in [2.45, 2.75) is 13.0 Å². The molecule has 0 bridgehead atoms. The van der Waals surface area contributed by atoms with E-state index in [0.29, 0.717) is 0 Å². The fraction of sp³-hybridized carbons (Fsp3) is 0.600. The number of carbonyl (C=O) groups excluding carboxylic acids is 2. The molecule has 1 amide bonds. The van der Waals surface area contributed by atoms with Gasteiger partial charge in [-0.25, -0.2) is 4.79 Å². The molecule has 64 valence electrons. The quantitative estimate of drug-likeness (QED) is 0.632. The highest BCUT2D eigenvalue weighted by Gasteiger charge is 2.18. The van der Waals surface area contributed by atoms with Gasteiger partial charge in [0.05, 0.1) is 0 Å². The van der Waals surface area contributed by atoms with Gasteiger partial charge in [0.15, 0.2) is 0 Å². The molecule has 0 saturated heterocycles. The van der Waals surface area contributed by atoms with Crippen LogP contribution >= 0.6 is 24.5 Å². The predicted octanol–water partition coefficient (Wildman–Crippen LogP) is 0.118. The molecule has 1 N–H and O–H groups in total. The van der Waals surface area contributed by atoms with Crippen LogP contribution in [0.1, 0.15) is 6.92 Å². The molecule has 0 aromatic rings. The van der Waals surface area contributed by atoms with Crippen molar-refractivity contribution in [3.8, 4) is 0 Å². The normalized spacial score (nSPS) is 11.9. The lowest BCUT2D eigenvalue weighted by Gasteiger charge is -2.10. The Morgan fingerprint density at radius 1 is 1.73 bits per heavy atom. The molecule has 0 aromatic heterocycles. The summed E-state index contributed by atoms with van der Waals surface area (Å²) in [4.78, 5) is 21.1. The molecule has 0 aromatic carbocycles. The zero-order valence-electron chi connectivity index (χ0n) is 5.83. The van der Waals surface area contributed by atoms with Crippen LogP contribution < -0.4 is 5.32 Å². The van der Waals surface area contributed by atoms with Crippen LogP contribution in [0.25, 0.3) is 0 Å². The van der Waals surface area contributed by atoms with Gasteiger partial charge in [0.1, 0.15) is 17.9 Å². The number of halogens is 1. The largest absolute Gasteiger partial charge is 0.347 e. The summed E-state index contributed by atoms with van der Waals surface area (Å²) in [6.45, 7) is 1.29. The zero-order chi connectivity index (χ0) is 8.85. The lowest BCUT2D eigenvalue weighted by Crippen LogP contribution is -2.41. The van der Waals surface area contributed by atoms with Crippen LogP contribution in [0.15, 0.2) is 0 Å². The molecule has 0 radical (unpaired) electrons. The Morgan fingerprint density at radius 3 is 2.55 bits per heavy atom. The SMILES string of the molecule is CC(=O)N[C@@H](CS)C(=O)OCl. The Bertz CT molecular complexity index is 164. The molecule has 0 spiro atoms. The summed E-state index contributed by atoms with van der Waals surface area (Å²) in [5.74, 6) is -0.881. The number of carbonyl (C=O) groups is 2. The average molecular weight is 198 g/mol. The maximum absolute atomic E-state index is 10.7. The molecule has 0 saturated carbocycles. The molecule has 0 heterocycles. The van der Waals surface area contributed by atoms with Crippen molar-refractivity contribution < 1.29 is 13.9 Å². The van der Waals surface area contributed by atoms with E-state index in [-0.39, 0.29) is 11.7 Å². The van der Waals surface area contributed by atoms with Crippen molar-refractivity contribution in [1.82, 2.24) is 5.32 Å². The number of hydrogen-bond acceptors (Lipinski definition) is 4. The Labute approximate surface area is 74.8 Å². The molecule has 4 nitrogen and oxygen atoms in total. The summed E-state index contributed by atoms with van der Waals surface area (Å²) in [6.07, 6.45) is 0. The van der Waals surface area contributed by atoms with Gasteiger partial charge in [0.2, 0.25) is 5.91 Å². The van der Waals surface area contributed by atoms with Gasteiger partial charge in [-0.3, -0.25) is 4.79 Å². The first-order valence-corrected chi connectivity index (χ1v) is 3.76. The lowest BCUT2D eigenvalue weighted by atomic mass is 10.3. The van der Waals surface area contributed by atoms with Crippen molar-refractivity contribution in [3.63, 3.8) is 0 Å². The number of thiol groups is 1. The number of rotatable bonds is 3. The Morgan fingerprint density at radius 2 is 2.27 bits per heavy atom. The van der Waals surface area contributed by atoms with Crippen LogP contribution in [-0.2, 0) is 13.9 Å². The minimum Gasteiger partial charge on any atom is -0.345 e. The van der Waals surface area contributed by atoms with Crippen molar-refractivity contribution in [2.24, 2.45) is 0 Å². The molecular formula is C5H8ClNO3S. The monoisotopic (exact) mass is 197 g/mol. The fourth-order valence-electron chi connectivity index (χ4n) is 0.478. The van der Waals surface area contributed by atoms with Crippen LogP contribution in [0.2, 0.25) is 0 Å². The number of nitrogens with one attached hydrogen (secondary N) is 1. The minimum absolute atomic E-state index is 0.158. The Hall–Kier alpha value is -0.420. The van der Waals surface area contributed by atoms with Crippen LogP contribution in [0.3, 0.4) is 0 Å². The van der Waals surface area contributed by atoms with E-state index in [1.165, 1.54) is 6.92 Å². The third kappa shape index (κ3) is 4.10. The van der Waals surface area contributed by atoms with E-state index in [4.69, 9.17) is 11.9 Å². The first-order valence-electron chi connectivity index (χ1n) is 2.82. The number of amides is 1. The summed E-state index contributed by atoms with van der Waals surface area (Å²) in [5.41, 5.74) is 0. The van der Waals surface area contributed by atoms with Gasteiger partial charge < -0.3 is 9.61 Å². The molecule has 0 fully saturated rings. The van der Waals surface area contributed by atoms with Gasteiger partial charge >= 0.3 is 5.97 Å². The van der Waals surface area contributed by atoms with E-state index >= 15 is 0 Å². The van der Waals surface area contributed by atoms with Crippen LogP contribution in [0.4, 0.5) is 0 Å². The highest BCUT2D eigenvalue weighted by molar-refractivity contribution is 7.80. The van der Waals surface area contributed by atoms with Crippen molar-refractivity contribution in [1.29, 1.82) is 0 Å². The summed E-state index contributed by atoms with van der Waals surface area (Å²) >= 11 is 8.58. The van der Waals surface area contributed by atoms with Crippen molar-refractivity contribution in [2.75, 3.05) is 5.75 Å². The summed E-state index contributed by atoms with van der Waals surface area (Å²) in [6, 6.07) is -0.770. The zero-order valence-corrected chi connectivity index (χ0v) is 7.48. The van der Waals surface area contributed by atoms with Crippen LogP contribution in [0, 0.1) is 0 Å². The highest BCUT2D eigenvalue weighted by atomic mass is 35.5. The fourth-order valence-corrected chi connectivity index (χ4v) is 0.826. The van der Waals surface area contributed by atoms with E-state index in [1.807, 2.05) is 0 Å². The molecule has 0 unspecified atom stereocenters. The topological polar surface area (TPSA) is 55.4 Å². The standard InChI is InChI=1S/C5H8ClNO3S/c1-3(8)7-4(2-11)5(9)10-6/h4,11H,2H2,1H3,(H,7,8)/t4-/m0/s1. The summed E-state index contributed by atoms with van der Waals surface area (Å²) in [7, 11) is 0. The third-order valence-electron chi connectivity index (χ3n) is 0.921. The van der Waals surface area contributed by atoms with Crippen LogP contribution in [0.5, 0.6) is 0 Å². The maximum atomic E-state index is 10.7. The highest BCUT2D eigenvalue weighted by Crippen LogP contribution is 1.94. The summed E-state index contributed by atoms with van der Waals surface area (Å²) < 4.78 is 3.87. The van der Waals surface area contributed by atoms with Gasteiger partial charge in [-0.2, -0.15) is 12.6 Å². The lowest BCUT2D eigenvalue weighted by molar-refractivity contribution is -0.137. The van der Waals surface area contributed by atoms with E-state index in [1.54, 1.807) is 0 Å². The maximum Gasteiger partial charge on any atom is 0.347 e. The van der Waals surface area contributed by atoms with Gasteiger partial charge in [-0.15, -0.1) is 0 Å². The van der Waals surface area contributed by atoms with Gasteiger partial charge in [0.25, 0.3) is 0 Å². The van der Waals surface area contributed by atoms with Gasteiger partial charge in [-0.1, -0.05) is 0 Å². The average Bonchev–Trinajstić information content (AvgIpc) is 1.98. The van der Waals surface area contributed by atoms with E-state index < -0.39 is 12.0 Å². The smallest absolute Gasteiger partial charge is 0.345 e. The number of hydrogen-bond donors (Lipinski definition) is 2. The third-order valence-corrected chi connectivity index (χ3v) is 1.44. The molecule has 0 rings (SSSR count). The predicted molar refractivity (Wildman–Crippen MR) is 43.4 cm³/mol. The van der Waals surface area contributed by atoms with Gasteiger partial charge in [0, 0.05) is 12.7 Å². The molecule has 0 aliphatic carbocycles. The molecular weight excluding hydrogens is 190 g/mol. The molecule has 1 atom stereocenters. The van der Waals surface area contributed by atoms with Crippen LogP contribution in [-0.4, -0.2) is 23.7 Å². The first-order chi connectivity index (χ1) is 5.11. The van der Waals surface area contributed by atoms with E-state index in [9.17, 15) is 9.59 Å². The van der Waals surface area contributed by atoms with E-state index in [0.717, 1.165) is 0 Å². The Kier molecular flexibility index (Phi) is 5.06. The van der Waals surface area contributed by atoms with Crippen molar-refractivity contribution in [3.05, 3.63) is 0 Å². The Balaban J connectivity index is 3.94. The summed E-state index contributed by atoms with van der Waals surface area (Å²) in [5, 5.41) is 2.31. The second-order valence-corrected chi connectivity index (χ2v) is 2.35. The molecule has 0 aliphatic heterocycles. The molecule has 6 heteroatoms. The van der Waals surface area contributed by atoms with Crippen molar-refractivity contribution >= 4 is 36.4 Å². The minimum atomic E-state index is -0.770. The molecule has 0 aliphatic rings. The second-order valence-electron chi connectivity index (χ2n) is 1.83. The van der Waals surface area contributed by atoms with E-state index in [2.05, 4.69) is 22.2 Å². The first kappa shape index (κ1) is 10.6. The van der Waals surface area contributed by atoms with Gasteiger partial charge in [-0.05, 0) is 0 Å².